The number of aromatic carboxylic acids is 1. The molecular formula is C18H20F2N2O3. The van der Waals surface area contributed by atoms with Crippen molar-refractivity contribution in [3.63, 3.8) is 0 Å². The van der Waals surface area contributed by atoms with Crippen LogP contribution in [0.2, 0.25) is 0 Å². The number of carbonyl (C=O) groups is 2. The SMILES string of the molecule is CC(C)(C)Nc1cc(F)c(F)cc1C(=O)O.NC(=O)c1ccccc1. The second kappa shape index (κ2) is 8.23. The molecule has 0 heterocycles. The molecule has 4 N–H and O–H groups in total. The lowest BCUT2D eigenvalue weighted by atomic mass is 10.1. The van der Waals surface area contributed by atoms with Crippen molar-refractivity contribution in [1.29, 1.82) is 0 Å². The first-order valence-electron chi connectivity index (χ1n) is 7.36. The van der Waals surface area contributed by atoms with Gasteiger partial charge in [0.1, 0.15) is 0 Å². The molecule has 0 aliphatic rings. The van der Waals surface area contributed by atoms with E-state index in [2.05, 4.69) is 5.32 Å². The van der Waals surface area contributed by atoms with Crippen LogP contribution in [-0.2, 0) is 0 Å². The fraction of sp³-hybridized carbons (Fsp3) is 0.222. The van der Waals surface area contributed by atoms with Crippen molar-refractivity contribution in [3.8, 4) is 0 Å². The Labute approximate surface area is 144 Å². The van der Waals surface area contributed by atoms with Crippen molar-refractivity contribution >= 4 is 17.6 Å². The van der Waals surface area contributed by atoms with Crippen LogP contribution >= 0.6 is 0 Å². The average Bonchev–Trinajstić information content (AvgIpc) is 2.50. The van der Waals surface area contributed by atoms with Gasteiger partial charge in [0.25, 0.3) is 0 Å². The molecule has 0 aliphatic heterocycles. The van der Waals surface area contributed by atoms with E-state index in [-0.39, 0.29) is 17.2 Å². The third kappa shape index (κ3) is 6.58. The summed E-state index contributed by atoms with van der Waals surface area (Å²) in [6, 6.07) is 10.3. The van der Waals surface area contributed by atoms with Crippen molar-refractivity contribution in [2.45, 2.75) is 26.3 Å². The highest BCUT2D eigenvalue weighted by molar-refractivity contribution is 5.94. The van der Waals surface area contributed by atoms with Gasteiger partial charge in [-0.15, -0.1) is 0 Å². The van der Waals surface area contributed by atoms with Gasteiger partial charge in [0, 0.05) is 17.2 Å². The number of halogens is 2. The minimum absolute atomic E-state index is 0.0684. The van der Waals surface area contributed by atoms with E-state index in [1.807, 2.05) is 6.07 Å². The molecule has 0 saturated heterocycles. The van der Waals surface area contributed by atoms with Crippen LogP contribution in [0.4, 0.5) is 14.5 Å². The highest BCUT2D eigenvalue weighted by atomic mass is 19.2. The smallest absolute Gasteiger partial charge is 0.337 e. The van der Waals surface area contributed by atoms with E-state index in [4.69, 9.17) is 10.8 Å². The van der Waals surface area contributed by atoms with Crippen LogP contribution in [0.1, 0.15) is 41.5 Å². The minimum Gasteiger partial charge on any atom is -0.478 e. The number of amides is 1. The number of hydrogen-bond donors (Lipinski definition) is 3. The molecule has 2 aromatic rings. The molecule has 2 rings (SSSR count). The summed E-state index contributed by atoms with van der Waals surface area (Å²) >= 11 is 0. The van der Waals surface area contributed by atoms with Crippen molar-refractivity contribution in [1.82, 2.24) is 0 Å². The molecule has 0 fully saturated rings. The highest BCUT2D eigenvalue weighted by Crippen LogP contribution is 2.23. The first-order chi connectivity index (χ1) is 11.5. The largest absolute Gasteiger partial charge is 0.478 e. The van der Waals surface area contributed by atoms with Gasteiger partial charge < -0.3 is 16.2 Å². The number of rotatable bonds is 3. The molecule has 0 bridgehead atoms. The molecule has 0 aliphatic carbocycles. The van der Waals surface area contributed by atoms with Gasteiger partial charge in [-0.3, -0.25) is 4.79 Å². The summed E-state index contributed by atoms with van der Waals surface area (Å²) in [7, 11) is 0. The summed E-state index contributed by atoms with van der Waals surface area (Å²) in [4.78, 5) is 21.3. The van der Waals surface area contributed by atoms with Gasteiger partial charge >= 0.3 is 5.97 Å². The zero-order valence-electron chi connectivity index (χ0n) is 14.1. The Hall–Kier alpha value is -2.96. The van der Waals surface area contributed by atoms with Gasteiger partial charge in [0.2, 0.25) is 5.91 Å². The van der Waals surface area contributed by atoms with E-state index in [1.165, 1.54) is 0 Å². The van der Waals surface area contributed by atoms with Crippen molar-refractivity contribution in [2.75, 3.05) is 5.32 Å². The quantitative estimate of drug-likeness (QED) is 0.788. The van der Waals surface area contributed by atoms with Gasteiger partial charge in [0.15, 0.2) is 11.6 Å². The molecule has 0 unspecified atom stereocenters. The van der Waals surface area contributed by atoms with Crippen LogP contribution in [0.15, 0.2) is 42.5 Å². The number of hydrogen-bond acceptors (Lipinski definition) is 3. The number of nitrogens with one attached hydrogen (secondary N) is 1. The number of benzene rings is 2. The summed E-state index contributed by atoms with van der Waals surface area (Å²) < 4.78 is 25.9. The zero-order chi connectivity index (χ0) is 19.2. The summed E-state index contributed by atoms with van der Waals surface area (Å²) in [6.45, 7) is 5.37. The van der Waals surface area contributed by atoms with E-state index in [1.54, 1.807) is 45.0 Å². The first kappa shape index (κ1) is 20.1. The Kier molecular flexibility index (Phi) is 6.61. The molecule has 2 aromatic carbocycles. The molecule has 0 aromatic heterocycles. The molecule has 0 atom stereocenters. The van der Waals surface area contributed by atoms with Crippen LogP contribution in [0, 0.1) is 11.6 Å². The van der Waals surface area contributed by atoms with Crippen molar-refractivity contribution in [2.24, 2.45) is 5.73 Å². The van der Waals surface area contributed by atoms with E-state index >= 15 is 0 Å². The van der Waals surface area contributed by atoms with Crippen LogP contribution in [0.5, 0.6) is 0 Å². The van der Waals surface area contributed by atoms with Gasteiger partial charge in [-0.1, -0.05) is 18.2 Å². The van der Waals surface area contributed by atoms with Crippen LogP contribution in [-0.4, -0.2) is 22.5 Å². The molecule has 134 valence electrons. The fourth-order valence-electron chi connectivity index (χ4n) is 1.83. The van der Waals surface area contributed by atoms with E-state index in [0.29, 0.717) is 11.6 Å². The molecule has 0 radical (unpaired) electrons. The lowest BCUT2D eigenvalue weighted by Crippen LogP contribution is -2.27. The Morgan fingerprint density at radius 2 is 1.56 bits per heavy atom. The topological polar surface area (TPSA) is 92.4 Å². The number of anilines is 1. The maximum absolute atomic E-state index is 13.0. The Bertz CT molecular complexity index is 757. The van der Waals surface area contributed by atoms with Gasteiger partial charge in [-0.25, -0.2) is 13.6 Å². The molecule has 1 amide bonds. The zero-order valence-corrected chi connectivity index (χ0v) is 14.1. The predicted molar refractivity (Wildman–Crippen MR) is 91.7 cm³/mol. The average molecular weight is 350 g/mol. The molecule has 7 heteroatoms. The van der Waals surface area contributed by atoms with Gasteiger partial charge in [0.05, 0.1) is 11.3 Å². The number of carboxylic acid groups (broad SMARTS) is 1. The van der Waals surface area contributed by atoms with E-state index in [0.717, 1.165) is 6.07 Å². The molecule has 5 nitrogen and oxygen atoms in total. The molecule has 0 saturated carbocycles. The standard InChI is InChI=1S/C11H13F2NO2.C7H7NO/c1-11(2,3)14-9-5-8(13)7(12)4-6(9)10(15)16;8-7(9)6-4-2-1-3-5-6/h4-5,14H,1-3H3,(H,15,16);1-5H,(H2,8,9). The first-order valence-corrected chi connectivity index (χ1v) is 7.36. The third-order valence-electron chi connectivity index (χ3n) is 2.86. The van der Waals surface area contributed by atoms with Gasteiger partial charge in [-0.2, -0.15) is 0 Å². The lowest BCUT2D eigenvalue weighted by Gasteiger charge is -2.23. The van der Waals surface area contributed by atoms with Crippen LogP contribution in [0.3, 0.4) is 0 Å². The Morgan fingerprint density at radius 3 is 1.96 bits per heavy atom. The Morgan fingerprint density at radius 1 is 1.04 bits per heavy atom. The van der Waals surface area contributed by atoms with Gasteiger partial charge in [-0.05, 0) is 39.0 Å². The van der Waals surface area contributed by atoms with Crippen LogP contribution < -0.4 is 11.1 Å². The normalized spacial score (nSPS) is 10.4. The number of carbonyl (C=O) groups excluding carboxylic acids is 1. The van der Waals surface area contributed by atoms with E-state index in [9.17, 15) is 18.4 Å². The highest BCUT2D eigenvalue weighted by Gasteiger charge is 2.19. The summed E-state index contributed by atoms with van der Waals surface area (Å²) in [5.41, 5.74) is 4.88. The monoisotopic (exact) mass is 350 g/mol. The molecule has 0 spiro atoms. The predicted octanol–water partition coefficient (Wildman–Crippen LogP) is 3.66. The lowest BCUT2D eigenvalue weighted by molar-refractivity contribution is 0.0697. The maximum atomic E-state index is 13.0. The summed E-state index contributed by atoms with van der Waals surface area (Å²) in [6.07, 6.45) is 0. The summed E-state index contributed by atoms with van der Waals surface area (Å²) in [5, 5.41) is 11.7. The van der Waals surface area contributed by atoms with E-state index < -0.39 is 23.1 Å². The van der Waals surface area contributed by atoms with Crippen molar-refractivity contribution < 1.29 is 23.5 Å². The molecule has 25 heavy (non-hydrogen) atoms. The van der Waals surface area contributed by atoms with Crippen LogP contribution in [0.25, 0.3) is 0 Å². The molecular weight excluding hydrogens is 330 g/mol. The minimum atomic E-state index is -1.30. The summed E-state index contributed by atoms with van der Waals surface area (Å²) in [5.74, 6) is -3.92. The Balaban J connectivity index is 0.000000293. The number of carboxylic acids is 1. The second-order valence-corrected chi connectivity index (χ2v) is 6.22. The third-order valence-corrected chi connectivity index (χ3v) is 2.86. The maximum Gasteiger partial charge on any atom is 0.337 e. The second-order valence-electron chi connectivity index (χ2n) is 6.22. The van der Waals surface area contributed by atoms with Crippen molar-refractivity contribution in [3.05, 3.63) is 65.2 Å². The fourth-order valence-corrected chi connectivity index (χ4v) is 1.83. The number of primary amides is 1. The number of nitrogens with two attached hydrogens (primary N) is 1.